The maximum atomic E-state index is 13.3. The predicted octanol–water partition coefficient (Wildman–Crippen LogP) is 2.58. The van der Waals surface area contributed by atoms with Gasteiger partial charge >= 0.3 is 0 Å². The third kappa shape index (κ3) is 3.88. The van der Waals surface area contributed by atoms with Gasteiger partial charge in [-0.2, -0.15) is 5.10 Å². The summed E-state index contributed by atoms with van der Waals surface area (Å²) in [5, 5.41) is 5.27. The maximum absolute atomic E-state index is 13.3. The van der Waals surface area contributed by atoms with Gasteiger partial charge in [0, 0.05) is 39.3 Å². The van der Waals surface area contributed by atoms with Gasteiger partial charge < -0.3 is 14.7 Å². The zero-order chi connectivity index (χ0) is 21.4. The molecule has 0 radical (unpaired) electrons. The summed E-state index contributed by atoms with van der Waals surface area (Å²) < 4.78 is 1.69. The number of nitrogens with zero attached hydrogens (tertiary/aromatic N) is 6. The number of carbonyl (C=O) groups is 2. The molecule has 0 unspecified atom stereocenters. The van der Waals surface area contributed by atoms with Crippen LogP contribution in [0, 0.1) is 0 Å². The summed E-state index contributed by atoms with van der Waals surface area (Å²) in [4.78, 5) is 36.8. The molecule has 3 aliphatic rings. The van der Waals surface area contributed by atoms with E-state index >= 15 is 0 Å². The largest absolute Gasteiger partial charge is 0.357 e. The fourth-order valence-electron chi connectivity index (χ4n) is 5.37. The Morgan fingerprint density at radius 3 is 2.42 bits per heavy atom. The van der Waals surface area contributed by atoms with E-state index in [1.807, 2.05) is 24.1 Å². The molecule has 2 saturated heterocycles. The number of pyridine rings is 1. The van der Waals surface area contributed by atoms with Gasteiger partial charge in [0.05, 0.1) is 5.39 Å². The first-order valence-electron chi connectivity index (χ1n) is 11.8. The Bertz CT molecular complexity index is 972. The van der Waals surface area contributed by atoms with E-state index in [0.29, 0.717) is 24.8 Å². The lowest BCUT2D eigenvalue weighted by Crippen LogP contribution is -2.55. The molecule has 0 N–H and O–H groups in total. The zero-order valence-electron chi connectivity index (χ0n) is 18.4. The summed E-state index contributed by atoms with van der Waals surface area (Å²) in [6, 6.07) is 4.34. The van der Waals surface area contributed by atoms with Crippen molar-refractivity contribution in [1.29, 1.82) is 0 Å². The van der Waals surface area contributed by atoms with E-state index in [-0.39, 0.29) is 18.4 Å². The Labute approximate surface area is 183 Å². The van der Waals surface area contributed by atoms with Gasteiger partial charge in [0.1, 0.15) is 12.4 Å². The van der Waals surface area contributed by atoms with E-state index in [1.54, 1.807) is 9.58 Å². The van der Waals surface area contributed by atoms with Crippen molar-refractivity contribution in [2.75, 3.05) is 37.6 Å². The van der Waals surface area contributed by atoms with Crippen molar-refractivity contribution in [1.82, 2.24) is 24.6 Å². The summed E-state index contributed by atoms with van der Waals surface area (Å²) in [6.07, 6.45) is 9.51. The minimum Gasteiger partial charge on any atom is -0.357 e. The van der Waals surface area contributed by atoms with Crippen LogP contribution in [0.25, 0.3) is 11.0 Å². The van der Waals surface area contributed by atoms with Crippen LogP contribution in [0.2, 0.25) is 0 Å². The molecule has 31 heavy (non-hydrogen) atoms. The van der Waals surface area contributed by atoms with Gasteiger partial charge in [-0.15, -0.1) is 0 Å². The van der Waals surface area contributed by atoms with E-state index in [9.17, 15) is 9.59 Å². The van der Waals surface area contributed by atoms with Gasteiger partial charge in [-0.05, 0) is 37.8 Å². The molecule has 1 aliphatic carbocycles. The van der Waals surface area contributed by atoms with E-state index in [1.165, 1.54) is 38.5 Å². The van der Waals surface area contributed by atoms with E-state index in [0.717, 1.165) is 42.8 Å². The molecular formula is C23H32N6O2. The zero-order valence-corrected chi connectivity index (χ0v) is 18.4. The van der Waals surface area contributed by atoms with Crippen molar-refractivity contribution >= 4 is 28.7 Å². The summed E-state index contributed by atoms with van der Waals surface area (Å²) in [7, 11) is 1.83. The number of piperazine rings is 1. The van der Waals surface area contributed by atoms with E-state index in [4.69, 9.17) is 4.98 Å². The topological polar surface area (TPSA) is 74.6 Å². The second kappa shape index (κ2) is 8.48. The molecule has 0 atom stereocenters. The molecule has 2 amide bonds. The van der Waals surface area contributed by atoms with Crippen LogP contribution in [0.5, 0.6) is 0 Å². The molecule has 3 fully saturated rings. The highest BCUT2D eigenvalue weighted by Gasteiger charge is 2.34. The minimum atomic E-state index is -0.172. The molecule has 0 bridgehead atoms. The van der Waals surface area contributed by atoms with Crippen LogP contribution in [0.3, 0.4) is 0 Å². The van der Waals surface area contributed by atoms with Gasteiger partial charge in [0.2, 0.25) is 5.91 Å². The van der Waals surface area contributed by atoms with Gasteiger partial charge in [-0.25, -0.2) is 9.67 Å². The SMILES string of the molecule is Cn1nc(C(=O)N2CCN(C3CCCC3)C(=O)C2)c2ccc(N3CCCCCC3)nc21. The van der Waals surface area contributed by atoms with Crippen LogP contribution < -0.4 is 4.90 Å². The van der Waals surface area contributed by atoms with Crippen LogP contribution in [0.4, 0.5) is 5.82 Å². The molecule has 5 rings (SSSR count). The minimum absolute atomic E-state index is 0.0633. The number of carbonyl (C=O) groups excluding carboxylic acids is 2. The Morgan fingerprint density at radius 1 is 0.968 bits per heavy atom. The Balaban J connectivity index is 1.35. The van der Waals surface area contributed by atoms with Gasteiger partial charge in [0.15, 0.2) is 11.3 Å². The molecule has 4 heterocycles. The van der Waals surface area contributed by atoms with Gasteiger partial charge in [-0.1, -0.05) is 25.7 Å². The molecule has 2 aromatic rings. The number of aromatic nitrogens is 3. The average Bonchev–Trinajstić information content (AvgIpc) is 3.33. The number of hydrogen-bond acceptors (Lipinski definition) is 5. The number of aryl methyl sites for hydroxylation is 1. The fourth-order valence-corrected chi connectivity index (χ4v) is 5.37. The van der Waals surface area contributed by atoms with Gasteiger partial charge in [-0.3, -0.25) is 9.59 Å². The third-order valence-corrected chi connectivity index (χ3v) is 7.11. The molecule has 8 nitrogen and oxygen atoms in total. The highest BCUT2D eigenvalue weighted by molar-refractivity contribution is 6.05. The highest BCUT2D eigenvalue weighted by atomic mass is 16.2. The first-order chi connectivity index (χ1) is 15.1. The van der Waals surface area contributed by atoms with Crippen LogP contribution >= 0.6 is 0 Å². The van der Waals surface area contributed by atoms with Crippen LogP contribution in [0.1, 0.15) is 61.9 Å². The van der Waals surface area contributed by atoms with E-state index in [2.05, 4.69) is 10.00 Å². The van der Waals surface area contributed by atoms with Crippen molar-refractivity contribution in [3.05, 3.63) is 17.8 Å². The molecule has 8 heteroatoms. The van der Waals surface area contributed by atoms with Crippen molar-refractivity contribution in [3.63, 3.8) is 0 Å². The number of amides is 2. The predicted molar refractivity (Wildman–Crippen MR) is 119 cm³/mol. The molecule has 0 aromatic carbocycles. The first-order valence-corrected chi connectivity index (χ1v) is 11.8. The van der Waals surface area contributed by atoms with Crippen molar-refractivity contribution in [2.45, 2.75) is 57.4 Å². The Hall–Kier alpha value is -2.64. The van der Waals surface area contributed by atoms with Gasteiger partial charge in [0.25, 0.3) is 5.91 Å². The maximum Gasteiger partial charge on any atom is 0.275 e. The monoisotopic (exact) mass is 424 g/mol. The quantitative estimate of drug-likeness (QED) is 0.757. The fraction of sp³-hybridized carbons (Fsp3) is 0.652. The average molecular weight is 425 g/mol. The summed E-state index contributed by atoms with van der Waals surface area (Å²) in [5.41, 5.74) is 1.12. The molecular weight excluding hydrogens is 392 g/mol. The van der Waals surface area contributed by atoms with E-state index < -0.39 is 0 Å². The smallest absolute Gasteiger partial charge is 0.275 e. The lowest BCUT2D eigenvalue weighted by atomic mass is 10.1. The third-order valence-electron chi connectivity index (χ3n) is 7.11. The Kier molecular flexibility index (Phi) is 5.54. The standard InChI is InChI=1S/C23H32N6O2/c1-26-22-18(10-11-19(24-22)27-12-6-2-3-7-13-27)21(25-26)23(31)28-14-15-29(20(30)16-28)17-8-4-5-9-17/h10-11,17H,2-9,12-16H2,1H3. The number of hydrogen-bond donors (Lipinski definition) is 0. The number of rotatable bonds is 3. The van der Waals surface area contributed by atoms with Crippen molar-refractivity contribution < 1.29 is 9.59 Å². The molecule has 166 valence electrons. The Morgan fingerprint density at radius 2 is 1.71 bits per heavy atom. The highest BCUT2D eigenvalue weighted by Crippen LogP contribution is 2.27. The second-order valence-electron chi connectivity index (χ2n) is 9.17. The van der Waals surface area contributed by atoms with Crippen LogP contribution in [0.15, 0.2) is 12.1 Å². The van der Waals surface area contributed by atoms with Crippen molar-refractivity contribution in [3.8, 4) is 0 Å². The summed E-state index contributed by atoms with van der Waals surface area (Å²) in [5.74, 6) is 0.847. The first kappa shape index (κ1) is 20.3. The summed E-state index contributed by atoms with van der Waals surface area (Å²) >= 11 is 0. The van der Waals surface area contributed by atoms with Crippen LogP contribution in [-0.4, -0.2) is 75.1 Å². The van der Waals surface area contributed by atoms with Crippen LogP contribution in [-0.2, 0) is 11.8 Å². The van der Waals surface area contributed by atoms with Crippen molar-refractivity contribution in [2.24, 2.45) is 7.05 Å². The lowest BCUT2D eigenvalue weighted by molar-refractivity contribution is -0.137. The second-order valence-corrected chi connectivity index (χ2v) is 9.17. The normalized spacial score (nSPS) is 21.2. The molecule has 0 spiro atoms. The molecule has 2 aromatic heterocycles. The lowest BCUT2D eigenvalue weighted by Gasteiger charge is -2.37. The molecule has 2 aliphatic heterocycles. The number of anilines is 1. The number of fused-ring (bicyclic) bond motifs is 1. The molecule has 1 saturated carbocycles. The summed E-state index contributed by atoms with van der Waals surface area (Å²) in [6.45, 7) is 3.38.